The number of thiazole rings is 1. The highest BCUT2D eigenvalue weighted by molar-refractivity contribution is 7.16. The standard InChI is InChI=1S/C19H21N3OS/c1-22-14-3-4-15(22)10-16(9-14)23-19-21-11-18(24-19)13-2-5-17-12(8-13)6-7-20-17/h2,5-8,11,14-16,20H,3-4,9-10H2,1H3/t14-,15+,16?. The summed E-state index contributed by atoms with van der Waals surface area (Å²) >= 11 is 1.66. The van der Waals surface area contributed by atoms with Crippen LogP contribution in [0.15, 0.2) is 36.7 Å². The van der Waals surface area contributed by atoms with Crippen molar-refractivity contribution in [1.82, 2.24) is 14.9 Å². The summed E-state index contributed by atoms with van der Waals surface area (Å²) in [7, 11) is 2.26. The molecule has 4 heterocycles. The number of piperidine rings is 1. The van der Waals surface area contributed by atoms with Crippen LogP contribution >= 0.6 is 11.3 Å². The van der Waals surface area contributed by atoms with E-state index in [-0.39, 0.29) is 0 Å². The van der Waals surface area contributed by atoms with E-state index in [1.165, 1.54) is 34.2 Å². The summed E-state index contributed by atoms with van der Waals surface area (Å²) in [5.41, 5.74) is 2.37. The van der Waals surface area contributed by atoms with Crippen LogP contribution in [-0.2, 0) is 0 Å². The molecule has 4 nitrogen and oxygen atoms in total. The van der Waals surface area contributed by atoms with Gasteiger partial charge in [-0.25, -0.2) is 4.98 Å². The maximum absolute atomic E-state index is 6.23. The van der Waals surface area contributed by atoms with Crippen LogP contribution in [0.4, 0.5) is 0 Å². The lowest BCUT2D eigenvalue weighted by Gasteiger charge is -2.35. The molecule has 2 aromatic heterocycles. The molecule has 0 saturated carbocycles. The Morgan fingerprint density at radius 1 is 1.21 bits per heavy atom. The average Bonchev–Trinajstić information content (AvgIpc) is 3.27. The molecule has 0 aliphatic carbocycles. The fourth-order valence-corrected chi connectivity index (χ4v) is 5.08. The molecule has 0 radical (unpaired) electrons. The molecule has 2 bridgehead atoms. The van der Waals surface area contributed by atoms with Gasteiger partial charge in [0.15, 0.2) is 0 Å². The molecule has 5 rings (SSSR count). The van der Waals surface area contributed by atoms with E-state index in [0.29, 0.717) is 18.2 Å². The minimum absolute atomic E-state index is 0.324. The molecule has 24 heavy (non-hydrogen) atoms. The highest BCUT2D eigenvalue weighted by Gasteiger charge is 2.39. The number of nitrogens with one attached hydrogen (secondary N) is 1. The first-order valence-corrected chi connectivity index (χ1v) is 9.50. The third-order valence-electron chi connectivity index (χ3n) is 5.64. The summed E-state index contributed by atoms with van der Waals surface area (Å²) in [5, 5.41) is 2.04. The van der Waals surface area contributed by atoms with Gasteiger partial charge in [0.2, 0.25) is 0 Å². The lowest BCUT2D eigenvalue weighted by Crippen LogP contribution is -2.43. The Balaban J connectivity index is 1.34. The van der Waals surface area contributed by atoms with Crippen LogP contribution in [0.3, 0.4) is 0 Å². The number of fused-ring (bicyclic) bond motifs is 3. The molecule has 124 valence electrons. The lowest BCUT2D eigenvalue weighted by atomic mass is 10.0. The molecular formula is C19H21N3OS. The fourth-order valence-electron chi connectivity index (χ4n) is 4.25. The Hall–Kier alpha value is -1.85. The van der Waals surface area contributed by atoms with Crippen LogP contribution in [0.1, 0.15) is 25.7 Å². The van der Waals surface area contributed by atoms with Gasteiger partial charge in [-0.3, -0.25) is 0 Å². The van der Waals surface area contributed by atoms with Gasteiger partial charge in [-0.05, 0) is 61.9 Å². The van der Waals surface area contributed by atoms with Crippen LogP contribution in [0.2, 0.25) is 0 Å². The maximum atomic E-state index is 6.23. The van der Waals surface area contributed by atoms with Crippen molar-refractivity contribution < 1.29 is 4.74 Å². The smallest absolute Gasteiger partial charge is 0.273 e. The summed E-state index contributed by atoms with van der Waals surface area (Å²) in [6, 6.07) is 9.98. The minimum Gasteiger partial charge on any atom is -0.467 e. The number of rotatable bonds is 3. The molecule has 0 spiro atoms. The van der Waals surface area contributed by atoms with Gasteiger partial charge in [-0.2, -0.15) is 0 Å². The molecule has 1 N–H and O–H groups in total. The second-order valence-corrected chi connectivity index (χ2v) is 8.03. The largest absolute Gasteiger partial charge is 0.467 e. The van der Waals surface area contributed by atoms with E-state index in [0.717, 1.165) is 18.0 Å². The minimum atomic E-state index is 0.324. The third-order valence-corrected chi connectivity index (χ3v) is 6.58. The van der Waals surface area contributed by atoms with Crippen molar-refractivity contribution in [1.29, 1.82) is 0 Å². The molecule has 2 fully saturated rings. The van der Waals surface area contributed by atoms with Gasteiger partial charge < -0.3 is 14.6 Å². The van der Waals surface area contributed by atoms with Crippen LogP contribution in [0.25, 0.3) is 21.3 Å². The van der Waals surface area contributed by atoms with Gasteiger partial charge >= 0.3 is 0 Å². The molecule has 2 saturated heterocycles. The predicted molar refractivity (Wildman–Crippen MR) is 97.6 cm³/mol. The Bertz CT molecular complexity index is 856. The number of nitrogens with zero attached hydrogens (tertiary/aromatic N) is 2. The average molecular weight is 339 g/mol. The molecule has 1 unspecified atom stereocenters. The number of benzene rings is 1. The Morgan fingerprint density at radius 3 is 2.88 bits per heavy atom. The first-order valence-electron chi connectivity index (χ1n) is 8.68. The highest BCUT2D eigenvalue weighted by atomic mass is 32.1. The van der Waals surface area contributed by atoms with E-state index >= 15 is 0 Å². The summed E-state index contributed by atoms with van der Waals surface area (Å²) in [4.78, 5) is 11.5. The van der Waals surface area contributed by atoms with E-state index in [9.17, 15) is 0 Å². The number of ether oxygens (including phenoxy) is 1. The molecule has 2 aliphatic heterocycles. The number of aromatic amines is 1. The molecular weight excluding hydrogens is 318 g/mol. The number of H-pyrrole nitrogens is 1. The van der Waals surface area contributed by atoms with E-state index in [2.05, 4.69) is 46.2 Å². The van der Waals surface area contributed by atoms with Gasteiger partial charge in [0.05, 0.1) is 4.88 Å². The number of hydrogen-bond acceptors (Lipinski definition) is 4. The first-order chi connectivity index (χ1) is 11.8. The van der Waals surface area contributed by atoms with Crippen molar-refractivity contribution in [2.45, 2.75) is 43.9 Å². The Morgan fingerprint density at radius 2 is 2.04 bits per heavy atom. The zero-order valence-corrected chi connectivity index (χ0v) is 14.6. The van der Waals surface area contributed by atoms with Gasteiger partial charge in [0.25, 0.3) is 5.19 Å². The summed E-state index contributed by atoms with van der Waals surface area (Å²) in [6.07, 6.45) is 9.15. The summed E-state index contributed by atoms with van der Waals surface area (Å²) < 4.78 is 6.23. The van der Waals surface area contributed by atoms with E-state index in [1.54, 1.807) is 11.3 Å². The van der Waals surface area contributed by atoms with Gasteiger partial charge in [-0.15, -0.1) is 0 Å². The number of aromatic nitrogens is 2. The maximum Gasteiger partial charge on any atom is 0.273 e. The van der Waals surface area contributed by atoms with Crippen LogP contribution in [0, 0.1) is 0 Å². The van der Waals surface area contributed by atoms with E-state index < -0.39 is 0 Å². The van der Waals surface area contributed by atoms with Crippen molar-refractivity contribution in [2.24, 2.45) is 0 Å². The van der Waals surface area contributed by atoms with Gasteiger partial charge in [0.1, 0.15) is 6.10 Å². The Labute approximate surface area is 145 Å². The molecule has 3 atom stereocenters. The Kier molecular flexibility index (Phi) is 3.38. The van der Waals surface area contributed by atoms with Crippen molar-refractivity contribution in [3.8, 4) is 15.6 Å². The second-order valence-electron chi connectivity index (χ2n) is 7.03. The zero-order chi connectivity index (χ0) is 16.1. The molecule has 3 aromatic rings. The summed E-state index contributed by atoms with van der Waals surface area (Å²) in [5.74, 6) is 0. The summed E-state index contributed by atoms with van der Waals surface area (Å²) in [6.45, 7) is 0. The molecule has 5 heteroatoms. The lowest BCUT2D eigenvalue weighted by molar-refractivity contribution is 0.0660. The van der Waals surface area contributed by atoms with Gasteiger partial charge in [-0.1, -0.05) is 17.4 Å². The van der Waals surface area contributed by atoms with Crippen molar-refractivity contribution in [2.75, 3.05) is 7.05 Å². The molecule has 0 amide bonds. The normalized spacial score (nSPS) is 27.0. The van der Waals surface area contributed by atoms with Crippen molar-refractivity contribution in [3.05, 3.63) is 36.7 Å². The van der Waals surface area contributed by atoms with Crippen molar-refractivity contribution >= 4 is 22.2 Å². The van der Waals surface area contributed by atoms with Gasteiger partial charge in [0, 0.05) is 30.0 Å². The van der Waals surface area contributed by atoms with E-state index in [4.69, 9.17) is 4.74 Å². The highest BCUT2D eigenvalue weighted by Crippen LogP contribution is 2.38. The molecule has 1 aromatic carbocycles. The van der Waals surface area contributed by atoms with Crippen molar-refractivity contribution in [3.63, 3.8) is 0 Å². The zero-order valence-electron chi connectivity index (χ0n) is 13.7. The van der Waals surface area contributed by atoms with Crippen LogP contribution in [0.5, 0.6) is 5.19 Å². The second kappa shape index (κ2) is 5.60. The van der Waals surface area contributed by atoms with Crippen LogP contribution in [-0.4, -0.2) is 40.1 Å². The monoisotopic (exact) mass is 339 g/mol. The number of hydrogen-bond donors (Lipinski definition) is 1. The quantitative estimate of drug-likeness (QED) is 0.774. The topological polar surface area (TPSA) is 41.1 Å². The molecule has 2 aliphatic rings. The SMILES string of the molecule is CN1[C@@H]2CC[C@H]1CC(Oc1ncc(-c3ccc4[nH]ccc4c3)s1)C2. The fraction of sp³-hybridized carbons (Fsp3) is 0.421. The third kappa shape index (κ3) is 2.43. The van der Waals surface area contributed by atoms with E-state index in [1.807, 2.05) is 12.4 Å². The van der Waals surface area contributed by atoms with Crippen LogP contribution < -0.4 is 4.74 Å². The predicted octanol–water partition coefficient (Wildman–Crippen LogP) is 4.30. The first kappa shape index (κ1) is 14.5.